The number of rotatable bonds is 1. The summed E-state index contributed by atoms with van der Waals surface area (Å²) in [6, 6.07) is 0. The predicted molar refractivity (Wildman–Crippen MR) is 75.9 cm³/mol. The normalized spacial score (nSPS) is 47.8. The lowest BCUT2D eigenvalue weighted by Crippen LogP contribution is -2.48. The topological polar surface area (TPSA) is 29.5 Å². The Morgan fingerprint density at radius 1 is 1.22 bits per heavy atom. The Bertz CT molecular complexity index is 322. The van der Waals surface area contributed by atoms with Crippen LogP contribution in [0, 0.1) is 11.3 Å². The van der Waals surface area contributed by atoms with E-state index in [0.29, 0.717) is 11.3 Å². The summed E-state index contributed by atoms with van der Waals surface area (Å²) in [6.45, 7) is 5.45. The average Bonchev–Trinajstić information content (AvgIpc) is 2.85. The van der Waals surface area contributed by atoms with Gasteiger partial charge in [0.15, 0.2) is 0 Å². The zero-order valence-corrected chi connectivity index (χ0v) is 12.5. The van der Waals surface area contributed by atoms with Crippen LogP contribution in [0.5, 0.6) is 0 Å². The van der Waals surface area contributed by atoms with Crippen molar-refractivity contribution in [1.29, 1.82) is 0 Å². The van der Waals surface area contributed by atoms with E-state index in [1.807, 2.05) is 11.8 Å². The molecule has 0 bridgehead atoms. The van der Waals surface area contributed by atoms with Gasteiger partial charge in [-0.3, -0.25) is 0 Å². The molecule has 104 valence electrons. The summed E-state index contributed by atoms with van der Waals surface area (Å²) in [4.78, 5) is 0. The quantitative estimate of drug-likeness (QED) is 0.793. The molecule has 2 aliphatic heterocycles. The average molecular weight is 270 g/mol. The van der Waals surface area contributed by atoms with Gasteiger partial charge < -0.3 is 9.84 Å². The van der Waals surface area contributed by atoms with E-state index < -0.39 is 5.60 Å². The Hall–Kier alpha value is 0.270. The van der Waals surface area contributed by atoms with Crippen LogP contribution in [0.3, 0.4) is 0 Å². The third-order valence-electron chi connectivity index (χ3n) is 5.34. The van der Waals surface area contributed by atoms with Crippen molar-refractivity contribution in [2.45, 2.75) is 63.6 Å². The van der Waals surface area contributed by atoms with Crippen LogP contribution in [-0.4, -0.2) is 34.4 Å². The molecule has 0 radical (unpaired) electrons. The molecule has 18 heavy (non-hydrogen) atoms. The van der Waals surface area contributed by atoms with Gasteiger partial charge in [0.2, 0.25) is 0 Å². The molecule has 1 aliphatic carbocycles. The van der Waals surface area contributed by atoms with E-state index in [-0.39, 0.29) is 5.60 Å². The summed E-state index contributed by atoms with van der Waals surface area (Å²) in [5.74, 6) is 2.84. The van der Waals surface area contributed by atoms with Gasteiger partial charge in [0, 0.05) is 12.4 Å². The zero-order valence-electron chi connectivity index (χ0n) is 11.7. The molecular formula is C15H26O2S. The molecule has 0 amide bonds. The molecule has 3 atom stereocenters. The maximum atomic E-state index is 11.0. The van der Waals surface area contributed by atoms with Crippen molar-refractivity contribution >= 4 is 11.8 Å². The Kier molecular flexibility index (Phi) is 3.23. The van der Waals surface area contributed by atoms with E-state index in [0.717, 1.165) is 38.0 Å². The summed E-state index contributed by atoms with van der Waals surface area (Å²) in [5.41, 5.74) is 0.0221. The van der Waals surface area contributed by atoms with Crippen molar-refractivity contribution in [2.75, 3.05) is 18.1 Å². The first-order valence-corrected chi connectivity index (χ1v) is 8.53. The van der Waals surface area contributed by atoms with Gasteiger partial charge in [0.1, 0.15) is 0 Å². The summed E-state index contributed by atoms with van der Waals surface area (Å²) in [6.07, 6.45) is 6.48. The number of hydrogen-bond donors (Lipinski definition) is 1. The molecule has 2 heterocycles. The van der Waals surface area contributed by atoms with Crippen LogP contribution in [0.15, 0.2) is 0 Å². The fourth-order valence-corrected chi connectivity index (χ4v) is 5.64. The first-order chi connectivity index (χ1) is 8.43. The van der Waals surface area contributed by atoms with Gasteiger partial charge >= 0.3 is 0 Å². The molecule has 0 aromatic rings. The van der Waals surface area contributed by atoms with Gasteiger partial charge in [0.25, 0.3) is 0 Å². The largest absolute Gasteiger partial charge is 0.390 e. The molecule has 1 saturated carbocycles. The molecule has 0 aromatic heterocycles. The minimum absolute atomic E-state index is 0.107. The van der Waals surface area contributed by atoms with Crippen LogP contribution in [-0.2, 0) is 4.74 Å². The Morgan fingerprint density at radius 3 is 2.67 bits per heavy atom. The molecule has 1 N–H and O–H groups in total. The summed E-state index contributed by atoms with van der Waals surface area (Å²) < 4.78 is 6.08. The van der Waals surface area contributed by atoms with Gasteiger partial charge in [-0.1, -0.05) is 13.8 Å². The molecule has 1 spiro atoms. The van der Waals surface area contributed by atoms with Gasteiger partial charge in [0.05, 0.1) is 11.2 Å². The van der Waals surface area contributed by atoms with Gasteiger partial charge in [-0.25, -0.2) is 0 Å². The fourth-order valence-electron chi connectivity index (χ4n) is 4.26. The van der Waals surface area contributed by atoms with Crippen LogP contribution < -0.4 is 0 Å². The molecule has 3 rings (SSSR count). The van der Waals surface area contributed by atoms with Crippen molar-refractivity contribution in [1.82, 2.24) is 0 Å². The second kappa shape index (κ2) is 4.39. The van der Waals surface area contributed by atoms with Crippen LogP contribution in [0.2, 0.25) is 0 Å². The highest BCUT2D eigenvalue weighted by molar-refractivity contribution is 7.99. The van der Waals surface area contributed by atoms with Crippen LogP contribution in [0.1, 0.15) is 52.4 Å². The predicted octanol–water partition coefficient (Wildman–Crippen LogP) is 3.23. The summed E-state index contributed by atoms with van der Waals surface area (Å²) in [5, 5.41) is 11.0. The third kappa shape index (κ3) is 2.34. The highest BCUT2D eigenvalue weighted by Gasteiger charge is 2.51. The minimum Gasteiger partial charge on any atom is -0.390 e. The van der Waals surface area contributed by atoms with Crippen molar-refractivity contribution in [3.8, 4) is 0 Å². The summed E-state index contributed by atoms with van der Waals surface area (Å²) >= 11 is 2.02. The van der Waals surface area contributed by atoms with Crippen molar-refractivity contribution in [2.24, 2.45) is 11.3 Å². The van der Waals surface area contributed by atoms with E-state index in [9.17, 15) is 5.11 Å². The number of aliphatic hydroxyl groups is 1. The van der Waals surface area contributed by atoms with Crippen LogP contribution >= 0.6 is 11.8 Å². The first-order valence-electron chi connectivity index (χ1n) is 7.37. The molecule has 0 aromatic carbocycles. The molecule has 3 unspecified atom stereocenters. The monoisotopic (exact) mass is 270 g/mol. The van der Waals surface area contributed by atoms with E-state index in [1.165, 1.54) is 18.6 Å². The number of hydrogen-bond acceptors (Lipinski definition) is 3. The van der Waals surface area contributed by atoms with Crippen molar-refractivity contribution in [3.63, 3.8) is 0 Å². The van der Waals surface area contributed by atoms with Crippen LogP contribution in [0.4, 0.5) is 0 Å². The van der Waals surface area contributed by atoms with E-state index in [2.05, 4.69) is 13.8 Å². The van der Waals surface area contributed by atoms with Crippen molar-refractivity contribution < 1.29 is 9.84 Å². The highest BCUT2D eigenvalue weighted by Crippen LogP contribution is 2.52. The lowest BCUT2D eigenvalue weighted by molar-refractivity contribution is -0.132. The lowest BCUT2D eigenvalue weighted by atomic mass is 9.73. The van der Waals surface area contributed by atoms with E-state index in [4.69, 9.17) is 4.74 Å². The lowest BCUT2D eigenvalue weighted by Gasteiger charge is -2.44. The third-order valence-corrected chi connectivity index (χ3v) is 6.56. The molecule has 2 saturated heterocycles. The Morgan fingerprint density at radius 2 is 2.06 bits per heavy atom. The molecule has 3 heteroatoms. The second-order valence-electron chi connectivity index (χ2n) is 7.47. The Labute approximate surface area is 115 Å². The van der Waals surface area contributed by atoms with E-state index >= 15 is 0 Å². The number of ether oxygens (including phenoxy) is 1. The molecule has 2 nitrogen and oxygen atoms in total. The fraction of sp³-hybridized carbons (Fsp3) is 1.00. The smallest absolute Gasteiger partial charge is 0.0784 e. The van der Waals surface area contributed by atoms with Gasteiger partial charge in [-0.15, -0.1) is 0 Å². The molecule has 3 aliphatic rings. The molecule has 3 fully saturated rings. The summed E-state index contributed by atoms with van der Waals surface area (Å²) in [7, 11) is 0. The van der Waals surface area contributed by atoms with Gasteiger partial charge in [-0.2, -0.15) is 11.8 Å². The number of thioether (sulfide) groups is 1. The highest BCUT2D eigenvalue weighted by atomic mass is 32.2. The van der Waals surface area contributed by atoms with Crippen LogP contribution in [0.25, 0.3) is 0 Å². The minimum atomic E-state index is -0.409. The first kappa shape index (κ1) is 13.3. The standard InChI is InChI=1S/C15H26O2S/c1-13(2)4-5-15(16,10-13)12-3-7-17-14(9-12)6-8-18-11-14/h12,16H,3-11H2,1-2H3. The van der Waals surface area contributed by atoms with E-state index in [1.54, 1.807) is 0 Å². The van der Waals surface area contributed by atoms with Gasteiger partial charge in [-0.05, 0) is 55.6 Å². The SMILES string of the molecule is CC1(C)CCC(O)(C2CCOC3(CCSC3)C2)C1. The van der Waals surface area contributed by atoms with Crippen molar-refractivity contribution in [3.05, 3.63) is 0 Å². The Balaban J connectivity index is 1.72. The zero-order chi connectivity index (χ0) is 12.9. The molecular weight excluding hydrogens is 244 g/mol. The maximum Gasteiger partial charge on any atom is 0.0784 e. The second-order valence-corrected chi connectivity index (χ2v) is 8.57. The maximum absolute atomic E-state index is 11.0.